The molecular formula is C17H19N3O. The third kappa shape index (κ3) is 3.69. The highest BCUT2D eigenvalue weighted by Crippen LogP contribution is 2.16. The molecule has 0 fully saturated rings. The van der Waals surface area contributed by atoms with E-state index in [9.17, 15) is 4.79 Å². The number of aryl methyl sites for hydroxylation is 1. The van der Waals surface area contributed by atoms with Crippen molar-refractivity contribution in [2.75, 3.05) is 5.73 Å². The molecule has 0 atom stereocenters. The summed E-state index contributed by atoms with van der Waals surface area (Å²) in [5.41, 5.74) is 12.6. The summed E-state index contributed by atoms with van der Waals surface area (Å²) in [5.74, 6) is -0.229. The van der Waals surface area contributed by atoms with Crippen molar-refractivity contribution in [2.24, 2.45) is 5.10 Å². The van der Waals surface area contributed by atoms with E-state index in [1.54, 1.807) is 12.1 Å². The van der Waals surface area contributed by atoms with Gasteiger partial charge in [0.25, 0.3) is 5.91 Å². The molecule has 2 aromatic carbocycles. The van der Waals surface area contributed by atoms with E-state index in [0.29, 0.717) is 17.7 Å². The van der Waals surface area contributed by atoms with Gasteiger partial charge in [0, 0.05) is 16.8 Å². The third-order valence-corrected chi connectivity index (χ3v) is 3.18. The molecule has 3 N–H and O–H groups in total. The smallest absolute Gasteiger partial charge is 0.271 e. The largest absolute Gasteiger partial charge is 0.398 e. The minimum Gasteiger partial charge on any atom is -0.398 e. The number of carbonyl (C=O) groups is 1. The van der Waals surface area contributed by atoms with E-state index in [-0.39, 0.29) is 5.91 Å². The molecule has 0 saturated carbocycles. The number of anilines is 1. The highest BCUT2D eigenvalue weighted by Gasteiger charge is 2.08. The summed E-state index contributed by atoms with van der Waals surface area (Å²) in [6, 6.07) is 14.8. The van der Waals surface area contributed by atoms with E-state index in [4.69, 9.17) is 5.73 Å². The Balaban J connectivity index is 2.21. The molecule has 0 radical (unpaired) electrons. The highest BCUT2D eigenvalue weighted by molar-refractivity contribution is 6.05. The van der Waals surface area contributed by atoms with Crippen LogP contribution in [0, 0.1) is 6.92 Å². The minimum atomic E-state index is -0.229. The molecule has 0 saturated heterocycles. The molecule has 0 aliphatic heterocycles. The molecule has 1 amide bonds. The molecule has 0 spiro atoms. The van der Waals surface area contributed by atoms with Crippen LogP contribution in [-0.2, 0) is 0 Å². The average molecular weight is 281 g/mol. The lowest BCUT2D eigenvalue weighted by molar-refractivity contribution is 0.0955. The van der Waals surface area contributed by atoms with Crippen LogP contribution in [0.1, 0.15) is 34.8 Å². The Morgan fingerprint density at radius 2 is 1.90 bits per heavy atom. The van der Waals surface area contributed by atoms with Crippen LogP contribution in [0.15, 0.2) is 53.6 Å². The molecule has 0 heterocycles. The van der Waals surface area contributed by atoms with Crippen LogP contribution in [0.3, 0.4) is 0 Å². The molecule has 0 unspecified atom stereocenters. The maximum absolute atomic E-state index is 12.0. The summed E-state index contributed by atoms with van der Waals surface area (Å²) in [6.07, 6.45) is 0.683. The van der Waals surface area contributed by atoms with Crippen LogP contribution in [0.4, 0.5) is 5.69 Å². The predicted octanol–water partition coefficient (Wildman–Crippen LogP) is 3.12. The molecule has 108 valence electrons. The number of hydrogen-bond donors (Lipinski definition) is 2. The lowest BCUT2D eigenvalue weighted by Crippen LogP contribution is -2.20. The third-order valence-electron chi connectivity index (χ3n) is 3.18. The van der Waals surface area contributed by atoms with Crippen molar-refractivity contribution in [2.45, 2.75) is 20.3 Å². The summed E-state index contributed by atoms with van der Waals surface area (Å²) in [6.45, 7) is 3.98. The van der Waals surface area contributed by atoms with Crippen molar-refractivity contribution in [3.63, 3.8) is 0 Å². The standard InChI is InChI=1S/C17H19N3O/c1-3-16(14-11-12(2)9-10-15(14)18)19-20-17(21)13-7-5-4-6-8-13/h4-11H,3,18H2,1-2H3,(H,20,21)/b19-16+. The molecule has 2 aromatic rings. The fourth-order valence-electron chi connectivity index (χ4n) is 2.02. The van der Waals surface area contributed by atoms with Crippen molar-refractivity contribution in [3.8, 4) is 0 Å². The quantitative estimate of drug-likeness (QED) is 0.513. The Morgan fingerprint density at radius 3 is 2.57 bits per heavy atom. The first kappa shape index (κ1) is 14.8. The molecule has 0 bridgehead atoms. The molecule has 2 rings (SSSR count). The molecule has 0 aliphatic rings. The zero-order valence-electron chi connectivity index (χ0n) is 12.3. The number of nitrogens with one attached hydrogen (secondary N) is 1. The van der Waals surface area contributed by atoms with Gasteiger partial charge in [-0.2, -0.15) is 5.10 Å². The van der Waals surface area contributed by atoms with Crippen molar-refractivity contribution in [3.05, 3.63) is 65.2 Å². The number of amides is 1. The topological polar surface area (TPSA) is 67.5 Å². The Bertz CT molecular complexity index is 663. The zero-order valence-corrected chi connectivity index (χ0v) is 12.3. The van der Waals surface area contributed by atoms with Crippen molar-refractivity contribution in [1.29, 1.82) is 0 Å². The van der Waals surface area contributed by atoms with Crippen LogP contribution < -0.4 is 11.2 Å². The summed E-state index contributed by atoms with van der Waals surface area (Å²) >= 11 is 0. The molecule has 0 aliphatic carbocycles. The number of nitrogens with two attached hydrogens (primary N) is 1. The number of hydrazone groups is 1. The summed E-state index contributed by atoms with van der Waals surface area (Å²) in [7, 11) is 0. The van der Waals surface area contributed by atoms with Gasteiger partial charge in [-0.1, -0.05) is 36.8 Å². The number of carbonyl (C=O) groups excluding carboxylic acids is 1. The molecular weight excluding hydrogens is 262 g/mol. The van der Waals surface area contributed by atoms with Gasteiger partial charge in [0.1, 0.15) is 0 Å². The monoisotopic (exact) mass is 281 g/mol. The van der Waals surface area contributed by atoms with Crippen LogP contribution in [-0.4, -0.2) is 11.6 Å². The van der Waals surface area contributed by atoms with Crippen molar-refractivity contribution >= 4 is 17.3 Å². The number of nitrogen functional groups attached to an aromatic ring is 1. The zero-order chi connectivity index (χ0) is 15.2. The Morgan fingerprint density at radius 1 is 1.19 bits per heavy atom. The predicted molar refractivity (Wildman–Crippen MR) is 86.3 cm³/mol. The fourth-order valence-corrected chi connectivity index (χ4v) is 2.02. The van der Waals surface area contributed by atoms with Gasteiger partial charge < -0.3 is 5.73 Å². The maximum Gasteiger partial charge on any atom is 0.271 e. The number of nitrogens with zero attached hydrogens (tertiary/aromatic N) is 1. The van der Waals surface area contributed by atoms with E-state index in [1.165, 1.54) is 0 Å². The van der Waals surface area contributed by atoms with Gasteiger partial charge in [0.05, 0.1) is 5.71 Å². The number of rotatable bonds is 4. The first-order chi connectivity index (χ1) is 10.1. The Hall–Kier alpha value is -2.62. The van der Waals surface area contributed by atoms with Crippen molar-refractivity contribution in [1.82, 2.24) is 5.43 Å². The molecule has 4 heteroatoms. The lowest BCUT2D eigenvalue weighted by Gasteiger charge is -2.09. The second-order valence-electron chi connectivity index (χ2n) is 4.81. The normalized spacial score (nSPS) is 11.2. The van der Waals surface area contributed by atoms with Gasteiger partial charge in [-0.25, -0.2) is 5.43 Å². The number of benzene rings is 2. The minimum absolute atomic E-state index is 0.229. The van der Waals surface area contributed by atoms with Gasteiger partial charge in [-0.3, -0.25) is 4.79 Å². The van der Waals surface area contributed by atoms with Crippen LogP contribution in [0.25, 0.3) is 0 Å². The van der Waals surface area contributed by atoms with Gasteiger partial charge in [-0.15, -0.1) is 0 Å². The van der Waals surface area contributed by atoms with Crippen LogP contribution in [0.2, 0.25) is 0 Å². The number of hydrogen-bond acceptors (Lipinski definition) is 3. The van der Waals surface area contributed by atoms with Crippen molar-refractivity contribution < 1.29 is 4.79 Å². The molecule has 4 nitrogen and oxygen atoms in total. The Labute approximate surface area is 124 Å². The van der Waals surface area contributed by atoms with Crippen LogP contribution >= 0.6 is 0 Å². The second kappa shape index (κ2) is 6.70. The summed E-state index contributed by atoms with van der Waals surface area (Å²) in [4.78, 5) is 12.0. The van der Waals surface area contributed by atoms with Gasteiger partial charge in [0.2, 0.25) is 0 Å². The van der Waals surface area contributed by atoms with Gasteiger partial charge >= 0.3 is 0 Å². The lowest BCUT2D eigenvalue weighted by atomic mass is 10.0. The van der Waals surface area contributed by atoms with E-state index in [2.05, 4.69) is 10.5 Å². The highest BCUT2D eigenvalue weighted by atomic mass is 16.2. The van der Waals surface area contributed by atoms with Crippen LogP contribution in [0.5, 0.6) is 0 Å². The fraction of sp³-hybridized carbons (Fsp3) is 0.176. The summed E-state index contributed by atoms with van der Waals surface area (Å²) in [5, 5.41) is 4.23. The molecule has 21 heavy (non-hydrogen) atoms. The molecule has 0 aromatic heterocycles. The second-order valence-corrected chi connectivity index (χ2v) is 4.81. The Kier molecular flexibility index (Phi) is 4.72. The van der Waals surface area contributed by atoms with E-state index in [1.807, 2.05) is 50.2 Å². The summed E-state index contributed by atoms with van der Waals surface area (Å²) < 4.78 is 0. The first-order valence-corrected chi connectivity index (χ1v) is 6.90. The van der Waals surface area contributed by atoms with E-state index < -0.39 is 0 Å². The SMILES string of the molecule is CC/C(=N\NC(=O)c1ccccc1)c1cc(C)ccc1N. The first-order valence-electron chi connectivity index (χ1n) is 6.90. The maximum atomic E-state index is 12.0. The van der Waals surface area contributed by atoms with Gasteiger partial charge in [-0.05, 0) is 37.6 Å². The van der Waals surface area contributed by atoms with E-state index >= 15 is 0 Å². The average Bonchev–Trinajstić information content (AvgIpc) is 2.51. The van der Waals surface area contributed by atoms with Gasteiger partial charge in [0.15, 0.2) is 0 Å². The van der Waals surface area contributed by atoms with E-state index in [0.717, 1.165) is 16.8 Å².